The molecule has 3 heterocycles. The minimum atomic E-state index is 0.0495. The summed E-state index contributed by atoms with van der Waals surface area (Å²) in [6.45, 7) is 3.84. The number of rotatable bonds is 3. The van der Waals surface area contributed by atoms with Gasteiger partial charge in [0, 0.05) is 43.4 Å². The number of piperidine rings is 1. The maximum atomic E-state index is 12.7. The quantitative estimate of drug-likeness (QED) is 0.927. The molecule has 0 amide bonds. The summed E-state index contributed by atoms with van der Waals surface area (Å²) in [5, 5.41) is 10.4. The van der Waals surface area contributed by atoms with Crippen LogP contribution in [0.3, 0.4) is 0 Å². The minimum Gasteiger partial charge on any atom is -0.396 e. The molecule has 2 aromatic heterocycles. The number of hydrogen-bond acceptors (Lipinski definition) is 5. The third-order valence-electron chi connectivity index (χ3n) is 5.74. The fraction of sp³-hybridized carbons (Fsp3) is 0.632. The fourth-order valence-electron chi connectivity index (χ4n) is 4.33. The van der Waals surface area contributed by atoms with Crippen molar-refractivity contribution in [2.75, 3.05) is 24.6 Å². The van der Waals surface area contributed by atoms with Crippen LogP contribution in [0.15, 0.2) is 17.1 Å². The maximum Gasteiger partial charge on any atom is 0.252 e. The van der Waals surface area contributed by atoms with Crippen molar-refractivity contribution < 1.29 is 5.11 Å². The number of hydrogen-bond donors (Lipinski definition) is 1. The smallest absolute Gasteiger partial charge is 0.252 e. The summed E-state index contributed by atoms with van der Waals surface area (Å²) < 4.78 is 1.90. The first-order valence-corrected chi connectivity index (χ1v) is 9.42. The number of anilines is 1. The summed E-state index contributed by atoms with van der Waals surface area (Å²) in [5.74, 6) is 0.963. The van der Waals surface area contributed by atoms with Crippen molar-refractivity contribution in [2.24, 2.45) is 5.92 Å². The monoisotopic (exact) mass is 342 g/mol. The molecule has 1 atom stereocenters. The van der Waals surface area contributed by atoms with Gasteiger partial charge < -0.3 is 10.0 Å². The van der Waals surface area contributed by atoms with Crippen LogP contribution < -0.4 is 10.5 Å². The Hall–Kier alpha value is -1.95. The second-order valence-electron chi connectivity index (χ2n) is 7.52. The minimum absolute atomic E-state index is 0.0495. The lowest BCUT2D eigenvalue weighted by Crippen LogP contribution is -2.38. The topological polar surface area (TPSA) is 71.2 Å². The zero-order valence-corrected chi connectivity index (χ0v) is 14.8. The Bertz CT molecular complexity index is 826. The molecule has 1 N–H and O–H groups in total. The average molecular weight is 342 g/mol. The summed E-state index contributed by atoms with van der Waals surface area (Å²) in [4.78, 5) is 24.2. The van der Waals surface area contributed by atoms with Crippen LogP contribution in [0.2, 0.25) is 0 Å². The van der Waals surface area contributed by atoms with E-state index in [0.717, 1.165) is 55.4 Å². The van der Waals surface area contributed by atoms with Crippen LogP contribution in [0, 0.1) is 12.8 Å². The van der Waals surface area contributed by atoms with Gasteiger partial charge in [-0.2, -0.15) is 4.98 Å². The molecule has 1 aliphatic heterocycles. The van der Waals surface area contributed by atoms with E-state index in [4.69, 9.17) is 4.98 Å². The summed E-state index contributed by atoms with van der Waals surface area (Å²) in [5.41, 5.74) is 1.76. The van der Waals surface area contributed by atoms with E-state index in [0.29, 0.717) is 5.95 Å². The first kappa shape index (κ1) is 16.5. The highest BCUT2D eigenvalue weighted by atomic mass is 16.3. The predicted octanol–water partition coefficient (Wildman–Crippen LogP) is 2.42. The summed E-state index contributed by atoms with van der Waals surface area (Å²) in [7, 11) is 0. The van der Waals surface area contributed by atoms with Gasteiger partial charge in [0.15, 0.2) is 0 Å². The number of aliphatic hydroxyl groups excluding tert-OH is 1. The molecule has 1 aliphatic carbocycles. The third-order valence-corrected chi connectivity index (χ3v) is 5.74. The Labute approximate surface area is 147 Å². The van der Waals surface area contributed by atoms with E-state index in [2.05, 4.69) is 9.88 Å². The van der Waals surface area contributed by atoms with E-state index in [9.17, 15) is 9.90 Å². The van der Waals surface area contributed by atoms with Crippen molar-refractivity contribution >= 4 is 17.0 Å². The maximum absolute atomic E-state index is 12.7. The van der Waals surface area contributed by atoms with Crippen LogP contribution in [0.5, 0.6) is 0 Å². The SMILES string of the molecule is Cc1cc(=O)n(C2CCCC2)c2nc(N3CCCC(CO)C3)ncc12. The number of aliphatic hydroxyl groups is 1. The van der Waals surface area contributed by atoms with Gasteiger partial charge in [-0.05, 0) is 44.1 Å². The molecule has 6 heteroatoms. The van der Waals surface area contributed by atoms with Crippen molar-refractivity contribution in [3.8, 4) is 0 Å². The van der Waals surface area contributed by atoms with Crippen LogP contribution >= 0.6 is 0 Å². The highest BCUT2D eigenvalue weighted by Gasteiger charge is 2.24. The molecule has 6 nitrogen and oxygen atoms in total. The zero-order chi connectivity index (χ0) is 17.4. The number of nitrogens with zero attached hydrogens (tertiary/aromatic N) is 4. The van der Waals surface area contributed by atoms with E-state index >= 15 is 0 Å². The van der Waals surface area contributed by atoms with Gasteiger partial charge in [-0.25, -0.2) is 4.98 Å². The standard InChI is InChI=1S/C19H26N4O2/c1-13-9-17(25)23(15-6-2-3-7-15)18-16(13)10-20-19(21-18)22-8-4-5-14(11-22)12-24/h9-10,14-15,24H,2-8,11-12H2,1H3. The Kier molecular flexibility index (Phi) is 4.46. The Morgan fingerprint density at radius 2 is 2.04 bits per heavy atom. The summed E-state index contributed by atoms with van der Waals surface area (Å²) in [6, 6.07) is 1.97. The fourth-order valence-corrected chi connectivity index (χ4v) is 4.33. The number of pyridine rings is 1. The molecular formula is C19H26N4O2. The van der Waals surface area contributed by atoms with Gasteiger partial charge >= 0.3 is 0 Å². The molecule has 2 aliphatic rings. The van der Waals surface area contributed by atoms with Crippen molar-refractivity contribution in [1.29, 1.82) is 0 Å². The van der Waals surface area contributed by atoms with Crippen LogP contribution in [0.1, 0.15) is 50.1 Å². The Morgan fingerprint density at radius 3 is 2.80 bits per heavy atom. The van der Waals surface area contributed by atoms with Gasteiger partial charge in [0.1, 0.15) is 5.65 Å². The highest BCUT2D eigenvalue weighted by Crippen LogP contribution is 2.31. The van der Waals surface area contributed by atoms with Gasteiger partial charge in [-0.3, -0.25) is 9.36 Å². The molecule has 2 fully saturated rings. The number of aromatic nitrogens is 3. The van der Waals surface area contributed by atoms with Crippen molar-refractivity contribution in [2.45, 2.75) is 51.5 Å². The van der Waals surface area contributed by atoms with Crippen LogP contribution in [0.25, 0.3) is 11.0 Å². The Balaban J connectivity index is 1.80. The average Bonchev–Trinajstić information content (AvgIpc) is 3.15. The number of aryl methyl sites for hydroxylation is 1. The van der Waals surface area contributed by atoms with Crippen LogP contribution in [0.4, 0.5) is 5.95 Å². The van der Waals surface area contributed by atoms with Crippen molar-refractivity contribution in [3.63, 3.8) is 0 Å². The van der Waals surface area contributed by atoms with Crippen molar-refractivity contribution in [1.82, 2.24) is 14.5 Å². The molecule has 0 radical (unpaired) electrons. The lowest BCUT2D eigenvalue weighted by Gasteiger charge is -2.32. The van der Waals surface area contributed by atoms with E-state index < -0.39 is 0 Å². The van der Waals surface area contributed by atoms with Gasteiger partial charge in [0.2, 0.25) is 5.95 Å². The zero-order valence-electron chi connectivity index (χ0n) is 14.8. The molecular weight excluding hydrogens is 316 g/mol. The van der Waals surface area contributed by atoms with Crippen LogP contribution in [-0.2, 0) is 0 Å². The van der Waals surface area contributed by atoms with Gasteiger partial charge in [0.05, 0.1) is 0 Å². The van der Waals surface area contributed by atoms with E-state index in [1.807, 2.05) is 17.7 Å². The lowest BCUT2D eigenvalue weighted by molar-refractivity contribution is 0.208. The molecule has 134 valence electrons. The first-order valence-electron chi connectivity index (χ1n) is 9.42. The third kappa shape index (κ3) is 3.03. The van der Waals surface area contributed by atoms with Gasteiger partial charge in [0.25, 0.3) is 5.56 Å². The second-order valence-corrected chi connectivity index (χ2v) is 7.52. The summed E-state index contributed by atoms with van der Waals surface area (Å²) in [6.07, 6.45) is 8.40. The van der Waals surface area contributed by atoms with E-state index in [1.165, 1.54) is 12.8 Å². The lowest BCUT2D eigenvalue weighted by atomic mass is 9.99. The Morgan fingerprint density at radius 1 is 1.24 bits per heavy atom. The molecule has 25 heavy (non-hydrogen) atoms. The molecule has 0 spiro atoms. The summed E-state index contributed by atoms with van der Waals surface area (Å²) >= 11 is 0. The van der Waals surface area contributed by atoms with Gasteiger partial charge in [-0.15, -0.1) is 0 Å². The number of fused-ring (bicyclic) bond motifs is 1. The largest absolute Gasteiger partial charge is 0.396 e. The normalized spacial score (nSPS) is 22.0. The van der Waals surface area contributed by atoms with Crippen LogP contribution in [-0.4, -0.2) is 39.3 Å². The van der Waals surface area contributed by atoms with E-state index in [-0.39, 0.29) is 24.1 Å². The molecule has 1 saturated heterocycles. The highest BCUT2D eigenvalue weighted by molar-refractivity contribution is 5.79. The molecule has 4 rings (SSSR count). The molecule has 1 saturated carbocycles. The molecule has 0 aromatic carbocycles. The second kappa shape index (κ2) is 6.75. The van der Waals surface area contributed by atoms with Gasteiger partial charge in [-0.1, -0.05) is 12.8 Å². The van der Waals surface area contributed by atoms with E-state index in [1.54, 1.807) is 6.07 Å². The first-order chi connectivity index (χ1) is 12.2. The molecule has 0 bridgehead atoms. The van der Waals surface area contributed by atoms with Crippen molar-refractivity contribution in [3.05, 3.63) is 28.2 Å². The molecule has 1 unspecified atom stereocenters. The predicted molar refractivity (Wildman–Crippen MR) is 98.1 cm³/mol. The molecule has 2 aromatic rings.